The summed E-state index contributed by atoms with van der Waals surface area (Å²) >= 11 is 0. The van der Waals surface area contributed by atoms with Gasteiger partial charge in [0, 0.05) is 36.0 Å². The molecule has 120 valence electrons. The van der Waals surface area contributed by atoms with Gasteiger partial charge in [-0.1, -0.05) is 26.0 Å². The highest BCUT2D eigenvalue weighted by Gasteiger charge is 2.35. The van der Waals surface area contributed by atoms with Crippen LogP contribution in [-0.4, -0.2) is 22.8 Å². The summed E-state index contributed by atoms with van der Waals surface area (Å²) in [5.74, 6) is 0.199. The van der Waals surface area contributed by atoms with Crippen molar-refractivity contribution in [1.29, 1.82) is 0 Å². The fourth-order valence-corrected chi connectivity index (χ4v) is 2.89. The number of nitrogens with two attached hydrogens (primary N) is 1. The van der Waals surface area contributed by atoms with Crippen molar-refractivity contribution < 1.29 is 4.79 Å². The Bertz CT molecular complexity index is 594. The van der Waals surface area contributed by atoms with Crippen LogP contribution in [0.5, 0.6) is 0 Å². The first-order valence-electron chi connectivity index (χ1n) is 7.96. The number of allylic oxidation sites excluding steroid dienone is 1. The van der Waals surface area contributed by atoms with Crippen molar-refractivity contribution in [3.8, 4) is 0 Å². The Kier molecular flexibility index (Phi) is 4.37. The van der Waals surface area contributed by atoms with Gasteiger partial charge < -0.3 is 10.6 Å². The fraction of sp³-hybridized carbons (Fsp3) is 0.526. The molecule has 0 atom stereocenters. The average Bonchev–Trinajstić information content (AvgIpc) is 2.36. The Morgan fingerprint density at radius 3 is 2.59 bits per heavy atom. The van der Waals surface area contributed by atoms with Gasteiger partial charge in [-0.05, 0) is 50.3 Å². The molecule has 2 rings (SSSR count). The second-order valence-corrected chi connectivity index (χ2v) is 7.89. The van der Waals surface area contributed by atoms with E-state index in [-0.39, 0.29) is 16.7 Å². The summed E-state index contributed by atoms with van der Waals surface area (Å²) in [5.41, 5.74) is 8.40. The first-order valence-corrected chi connectivity index (χ1v) is 7.96. The zero-order chi connectivity index (χ0) is 16.5. The maximum Gasteiger partial charge on any atom is 0.165 e. The molecule has 0 unspecified atom stereocenters. The molecule has 1 aromatic rings. The lowest BCUT2D eigenvalue weighted by Gasteiger charge is -2.43. The van der Waals surface area contributed by atoms with Crippen LogP contribution in [0.25, 0.3) is 0 Å². The summed E-state index contributed by atoms with van der Waals surface area (Å²) in [4.78, 5) is 15.1. The normalized spacial score (nSPS) is 18.0. The number of carbonyl (C=O) groups is 1. The van der Waals surface area contributed by atoms with Crippen LogP contribution in [0.1, 0.15) is 46.6 Å². The third kappa shape index (κ3) is 3.70. The molecule has 0 fully saturated rings. The highest BCUT2D eigenvalue weighted by atomic mass is 16.1. The van der Waals surface area contributed by atoms with E-state index in [1.165, 1.54) is 0 Å². The molecule has 1 aromatic carbocycles. The summed E-state index contributed by atoms with van der Waals surface area (Å²) in [6.07, 6.45) is 3.50. The molecule has 0 spiro atoms. The number of nitrogen functional groups attached to an aromatic ring is 1. The third-order valence-corrected chi connectivity index (χ3v) is 4.47. The van der Waals surface area contributed by atoms with E-state index in [1.54, 1.807) is 0 Å². The van der Waals surface area contributed by atoms with Gasteiger partial charge in [0.15, 0.2) is 5.78 Å². The molecule has 3 heteroatoms. The largest absolute Gasteiger partial charge is 0.399 e. The summed E-state index contributed by atoms with van der Waals surface area (Å²) in [7, 11) is 0. The number of ketones is 1. The van der Waals surface area contributed by atoms with E-state index >= 15 is 0 Å². The lowest BCUT2D eigenvalue weighted by molar-refractivity contribution is -0.116. The van der Waals surface area contributed by atoms with Crippen LogP contribution in [0, 0.1) is 5.41 Å². The summed E-state index contributed by atoms with van der Waals surface area (Å²) in [6.45, 7) is 11.9. The molecule has 3 nitrogen and oxygen atoms in total. The molecule has 0 aromatic heterocycles. The molecule has 0 saturated heterocycles. The highest BCUT2D eigenvalue weighted by molar-refractivity contribution is 5.98. The van der Waals surface area contributed by atoms with Crippen molar-refractivity contribution in [2.75, 3.05) is 12.3 Å². The van der Waals surface area contributed by atoms with Gasteiger partial charge in [-0.3, -0.25) is 4.79 Å². The SMILES string of the molecule is CC1(C)CCN(C(C)(C)C)C=C1C(=O)Cc1cccc(N)c1. The third-order valence-electron chi connectivity index (χ3n) is 4.47. The molecule has 0 bridgehead atoms. The van der Waals surface area contributed by atoms with E-state index in [0.717, 1.165) is 24.1 Å². The Morgan fingerprint density at radius 1 is 1.32 bits per heavy atom. The monoisotopic (exact) mass is 300 g/mol. The molecule has 0 radical (unpaired) electrons. The van der Waals surface area contributed by atoms with Crippen LogP contribution in [0.2, 0.25) is 0 Å². The molecule has 1 aliphatic heterocycles. The number of carbonyl (C=O) groups excluding carboxylic acids is 1. The molecule has 1 aliphatic rings. The van der Waals surface area contributed by atoms with Crippen molar-refractivity contribution in [1.82, 2.24) is 4.90 Å². The molecular formula is C19H28N2O. The quantitative estimate of drug-likeness (QED) is 0.864. The number of benzene rings is 1. The summed E-state index contributed by atoms with van der Waals surface area (Å²) in [6, 6.07) is 7.60. The first-order chi connectivity index (χ1) is 10.1. The van der Waals surface area contributed by atoms with Crippen molar-refractivity contribution in [2.45, 2.75) is 53.0 Å². The van der Waals surface area contributed by atoms with Gasteiger partial charge in [0.1, 0.15) is 0 Å². The average molecular weight is 300 g/mol. The molecule has 22 heavy (non-hydrogen) atoms. The van der Waals surface area contributed by atoms with Gasteiger partial charge in [0.2, 0.25) is 0 Å². The van der Waals surface area contributed by atoms with Crippen molar-refractivity contribution in [2.24, 2.45) is 5.41 Å². The topological polar surface area (TPSA) is 46.3 Å². The van der Waals surface area contributed by atoms with E-state index < -0.39 is 0 Å². The number of Topliss-reactive ketones (excluding diaryl/α,β-unsaturated/α-hetero) is 1. The standard InChI is InChI=1S/C19H28N2O/c1-18(2,3)21-10-9-19(4,5)16(13-21)17(22)12-14-7-6-8-15(20)11-14/h6-8,11,13H,9-10,12,20H2,1-5H3. The van der Waals surface area contributed by atoms with E-state index in [2.05, 4.69) is 45.7 Å². The minimum Gasteiger partial charge on any atom is -0.399 e. The van der Waals surface area contributed by atoms with Crippen LogP contribution < -0.4 is 5.73 Å². The maximum absolute atomic E-state index is 12.8. The number of nitrogens with zero attached hydrogens (tertiary/aromatic N) is 1. The van der Waals surface area contributed by atoms with Gasteiger partial charge >= 0.3 is 0 Å². The maximum atomic E-state index is 12.8. The van der Waals surface area contributed by atoms with Crippen LogP contribution >= 0.6 is 0 Å². The Morgan fingerprint density at radius 2 is 2.00 bits per heavy atom. The van der Waals surface area contributed by atoms with Crippen molar-refractivity contribution >= 4 is 11.5 Å². The van der Waals surface area contributed by atoms with Crippen molar-refractivity contribution in [3.05, 3.63) is 41.6 Å². The van der Waals surface area contributed by atoms with E-state index in [1.807, 2.05) is 24.3 Å². The molecule has 0 saturated carbocycles. The zero-order valence-electron chi connectivity index (χ0n) is 14.4. The smallest absolute Gasteiger partial charge is 0.165 e. The molecule has 0 aliphatic carbocycles. The van der Waals surface area contributed by atoms with Gasteiger partial charge in [-0.2, -0.15) is 0 Å². The molecule has 0 amide bonds. The predicted molar refractivity (Wildman–Crippen MR) is 92.5 cm³/mol. The van der Waals surface area contributed by atoms with Crippen LogP contribution in [0.3, 0.4) is 0 Å². The molecule has 2 N–H and O–H groups in total. The van der Waals surface area contributed by atoms with Crippen LogP contribution in [-0.2, 0) is 11.2 Å². The highest BCUT2D eigenvalue weighted by Crippen LogP contribution is 2.37. The number of hydrogen-bond acceptors (Lipinski definition) is 3. The van der Waals surface area contributed by atoms with E-state index in [0.29, 0.717) is 12.1 Å². The van der Waals surface area contributed by atoms with Gasteiger partial charge in [0.05, 0.1) is 0 Å². The van der Waals surface area contributed by atoms with Gasteiger partial charge in [-0.15, -0.1) is 0 Å². The first kappa shape index (κ1) is 16.6. The lowest BCUT2D eigenvalue weighted by Crippen LogP contribution is -2.44. The second-order valence-electron chi connectivity index (χ2n) is 7.89. The Balaban J connectivity index is 2.26. The second kappa shape index (κ2) is 5.79. The number of hydrogen-bond donors (Lipinski definition) is 1. The van der Waals surface area contributed by atoms with Gasteiger partial charge in [-0.25, -0.2) is 0 Å². The van der Waals surface area contributed by atoms with Gasteiger partial charge in [0.25, 0.3) is 0 Å². The van der Waals surface area contributed by atoms with E-state index in [9.17, 15) is 4.79 Å². The van der Waals surface area contributed by atoms with Crippen molar-refractivity contribution in [3.63, 3.8) is 0 Å². The number of rotatable bonds is 3. The summed E-state index contributed by atoms with van der Waals surface area (Å²) < 4.78 is 0. The Hall–Kier alpha value is -1.77. The minimum absolute atomic E-state index is 0.0409. The van der Waals surface area contributed by atoms with E-state index in [4.69, 9.17) is 5.73 Å². The summed E-state index contributed by atoms with van der Waals surface area (Å²) in [5, 5.41) is 0. The fourth-order valence-electron chi connectivity index (χ4n) is 2.89. The van der Waals surface area contributed by atoms with Crippen LogP contribution in [0.4, 0.5) is 5.69 Å². The lowest BCUT2D eigenvalue weighted by atomic mass is 9.75. The zero-order valence-corrected chi connectivity index (χ0v) is 14.4. The predicted octanol–water partition coefficient (Wildman–Crippen LogP) is 3.79. The van der Waals surface area contributed by atoms with Crippen LogP contribution in [0.15, 0.2) is 36.0 Å². The Labute approximate surface area is 134 Å². The minimum atomic E-state index is -0.0703. The molecule has 1 heterocycles. The molecular weight excluding hydrogens is 272 g/mol. The number of anilines is 1.